The number of piperidine rings is 2. The van der Waals surface area contributed by atoms with Crippen LogP contribution < -0.4 is 5.69 Å². The van der Waals surface area contributed by atoms with E-state index in [1.807, 2.05) is 29.2 Å². The average Bonchev–Trinajstić information content (AvgIpc) is 3.22. The molecule has 2 aliphatic rings. The van der Waals surface area contributed by atoms with E-state index in [0.29, 0.717) is 38.8 Å². The Morgan fingerprint density at radius 2 is 1.46 bits per heavy atom. The average molecular weight is 494 g/mol. The largest absolute Gasteiger partial charge is 0.326 e. The fourth-order valence-electron chi connectivity index (χ4n) is 5.35. The fourth-order valence-corrected chi connectivity index (χ4v) is 5.35. The molecule has 1 amide bonds. The van der Waals surface area contributed by atoms with Crippen molar-refractivity contribution in [1.82, 2.24) is 19.4 Å². The van der Waals surface area contributed by atoms with Gasteiger partial charge in [0.05, 0.1) is 17.2 Å². The molecule has 0 bridgehead atoms. The van der Waals surface area contributed by atoms with Crippen LogP contribution in [0.4, 0.5) is 22.0 Å². The van der Waals surface area contributed by atoms with Crippen LogP contribution in [0.25, 0.3) is 11.0 Å². The van der Waals surface area contributed by atoms with E-state index in [4.69, 9.17) is 0 Å². The number of rotatable bonds is 3. The third-order valence-corrected chi connectivity index (χ3v) is 7.07. The quantitative estimate of drug-likeness (QED) is 0.335. The molecule has 6 nitrogen and oxygen atoms in total. The molecule has 2 saturated heterocycles. The first-order valence-corrected chi connectivity index (χ1v) is 11.5. The van der Waals surface area contributed by atoms with E-state index < -0.39 is 46.7 Å². The second-order valence-electron chi connectivity index (χ2n) is 9.00. The van der Waals surface area contributed by atoms with E-state index in [-0.39, 0.29) is 18.3 Å². The number of hydrogen-bond acceptors (Lipinski definition) is 3. The molecular weight excluding hydrogens is 471 g/mol. The van der Waals surface area contributed by atoms with Crippen LogP contribution in [-0.4, -0.2) is 51.1 Å². The number of H-pyrrole nitrogens is 1. The maximum Gasteiger partial charge on any atom is 0.326 e. The van der Waals surface area contributed by atoms with Crippen LogP contribution in [-0.2, 0) is 0 Å². The van der Waals surface area contributed by atoms with Crippen molar-refractivity contribution in [2.45, 2.75) is 44.3 Å². The number of benzene rings is 2. The van der Waals surface area contributed by atoms with E-state index in [1.54, 1.807) is 4.57 Å². The molecular formula is C24H23F5N4O2. The Labute approximate surface area is 196 Å². The summed E-state index contributed by atoms with van der Waals surface area (Å²) in [5, 5.41) is 0. The lowest BCUT2D eigenvalue weighted by atomic mass is 9.99. The molecule has 2 aromatic carbocycles. The van der Waals surface area contributed by atoms with Gasteiger partial charge in [0.15, 0.2) is 23.3 Å². The number of amides is 1. The van der Waals surface area contributed by atoms with Crippen LogP contribution in [0.3, 0.4) is 0 Å². The standard InChI is InChI=1S/C24H23F5N4O2/c25-18-17(19(26)21(28)22(29)20(18)27)23(34)32-10-4-3-7-16(32)31-11-8-13(9-12-31)33-15-6-2-1-5-14(15)30-24(33)35/h1-2,5-6,13,16H,3-4,7-12H2,(H,30,35). The predicted octanol–water partition coefficient (Wildman–Crippen LogP) is 4.31. The zero-order valence-electron chi connectivity index (χ0n) is 18.7. The molecule has 5 rings (SSSR count). The molecule has 1 aromatic heterocycles. The minimum absolute atomic E-state index is 0.0715. The van der Waals surface area contributed by atoms with Gasteiger partial charge in [-0.1, -0.05) is 12.1 Å². The molecule has 3 aromatic rings. The topological polar surface area (TPSA) is 61.3 Å². The summed E-state index contributed by atoms with van der Waals surface area (Å²) in [7, 11) is 0. The van der Waals surface area contributed by atoms with E-state index in [1.165, 1.54) is 4.90 Å². The highest BCUT2D eigenvalue weighted by molar-refractivity contribution is 5.95. The van der Waals surface area contributed by atoms with Crippen molar-refractivity contribution in [2.75, 3.05) is 19.6 Å². The van der Waals surface area contributed by atoms with Gasteiger partial charge in [-0.2, -0.15) is 0 Å². The van der Waals surface area contributed by atoms with E-state index in [2.05, 4.69) is 4.98 Å². The Morgan fingerprint density at radius 1 is 0.829 bits per heavy atom. The number of likely N-dealkylation sites (tertiary alicyclic amines) is 2. The van der Waals surface area contributed by atoms with Crippen LogP contribution in [0.2, 0.25) is 0 Å². The van der Waals surface area contributed by atoms with Gasteiger partial charge in [0.25, 0.3) is 5.91 Å². The maximum absolute atomic E-state index is 14.3. The molecule has 2 fully saturated rings. The lowest BCUT2D eigenvalue weighted by Gasteiger charge is -2.45. The van der Waals surface area contributed by atoms with Crippen molar-refractivity contribution in [2.24, 2.45) is 0 Å². The summed E-state index contributed by atoms with van der Waals surface area (Å²) in [4.78, 5) is 31.6. The number of carbonyl (C=O) groups is 1. The number of nitrogens with zero attached hydrogens (tertiary/aromatic N) is 3. The highest BCUT2D eigenvalue weighted by atomic mass is 19.2. The number of para-hydroxylation sites is 2. The fraction of sp³-hybridized carbons (Fsp3) is 0.417. The summed E-state index contributed by atoms with van der Waals surface area (Å²) in [6.07, 6.45) is 2.49. The van der Waals surface area contributed by atoms with Gasteiger partial charge in [-0.15, -0.1) is 0 Å². The van der Waals surface area contributed by atoms with Gasteiger partial charge in [-0.25, -0.2) is 26.7 Å². The normalized spacial score (nSPS) is 20.0. The van der Waals surface area contributed by atoms with Crippen LogP contribution in [0.5, 0.6) is 0 Å². The third kappa shape index (κ3) is 3.91. The summed E-state index contributed by atoms with van der Waals surface area (Å²) >= 11 is 0. The first kappa shape index (κ1) is 23.5. The van der Waals surface area contributed by atoms with E-state index in [0.717, 1.165) is 17.5 Å². The van der Waals surface area contributed by atoms with Crippen LogP contribution in [0, 0.1) is 29.1 Å². The molecule has 3 heterocycles. The minimum atomic E-state index is -2.29. The molecule has 11 heteroatoms. The monoisotopic (exact) mass is 494 g/mol. The first-order valence-electron chi connectivity index (χ1n) is 11.5. The Hall–Kier alpha value is -3.21. The van der Waals surface area contributed by atoms with Gasteiger partial charge in [-0.3, -0.25) is 14.3 Å². The van der Waals surface area contributed by atoms with E-state index >= 15 is 0 Å². The van der Waals surface area contributed by atoms with Crippen molar-refractivity contribution >= 4 is 16.9 Å². The molecule has 1 N–H and O–H groups in total. The zero-order chi connectivity index (χ0) is 24.9. The van der Waals surface area contributed by atoms with Gasteiger partial charge in [0, 0.05) is 25.7 Å². The van der Waals surface area contributed by atoms with Crippen molar-refractivity contribution in [3.05, 3.63) is 69.4 Å². The lowest BCUT2D eigenvalue weighted by molar-refractivity contribution is 0.000499. The van der Waals surface area contributed by atoms with Crippen molar-refractivity contribution < 1.29 is 26.7 Å². The number of aromatic amines is 1. The number of hydrogen-bond donors (Lipinski definition) is 1. The maximum atomic E-state index is 14.3. The number of halogens is 5. The van der Waals surface area contributed by atoms with Gasteiger partial charge in [0.2, 0.25) is 5.82 Å². The van der Waals surface area contributed by atoms with Gasteiger partial charge < -0.3 is 9.88 Å². The molecule has 1 atom stereocenters. The Morgan fingerprint density at radius 3 is 2.14 bits per heavy atom. The van der Waals surface area contributed by atoms with Crippen LogP contribution in [0.15, 0.2) is 29.1 Å². The number of imidazole rings is 1. The van der Waals surface area contributed by atoms with Crippen LogP contribution >= 0.6 is 0 Å². The molecule has 0 saturated carbocycles. The highest BCUT2D eigenvalue weighted by Crippen LogP contribution is 2.31. The van der Waals surface area contributed by atoms with Crippen molar-refractivity contribution in [1.29, 1.82) is 0 Å². The lowest BCUT2D eigenvalue weighted by Crippen LogP contribution is -2.55. The number of nitrogens with one attached hydrogen (secondary N) is 1. The second-order valence-corrected chi connectivity index (χ2v) is 9.00. The summed E-state index contributed by atoms with van der Waals surface area (Å²) in [5.41, 5.74) is -0.0810. The molecule has 35 heavy (non-hydrogen) atoms. The zero-order valence-corrected chi connectivity index (χ0v) is 18.7. The number of aromatic nitrogens is 2. The van der Waals surface area contributed by atoms with Gasteiger partial charge in [0.1, 0.15) is 5.56 Å². The molecule has 1 unspecified atom stereocenters. The minimum Gasteiger partial charge on any atom is -0.323 e. The Kier molecular flexibility index (Phi) is 6.12. The Bertz CT molecular complexity index is 1320. The molecule has 0 radical (unpaired) electrons. The second kappa shape index (κ2) is 9.10. The summed E-state index contributed by atoms with van der Waals surface area (Å²) in [6, 6.07) is 7.31. The SMILES string of the molecule is O=C(c1c(F)c(F)c(F)c(F)c1F)N1CCCCC1N1CCC(n2c(=O)[nH]c3ccccc32)CC1. The van der Waals surface area contributed by atoms with Crippen molar-refractivity contribution in [3.63, 3.8) is 0 Å². The first-order chi connectivity index (χ1) is 16.8. The van der Waals surface area contributed by atoms with Gasteiger partial charge >= 0.3 is 5.69 Å². The summed E-state index contributed by atoms with van der Waals surface area (Å²) < 4.78 is 71.3. The smallest absolute Gasteiger partial charge is 0.323 e. The molecule has 0 spiro atoms. The highest BCUT2D eigenvalue weighted by Gasteiger charge is 2.38. The van der Waals surface area contributed by atoms with Gasteiger partial charge in [-0.05, 0) is 44.2 Å². The number of fused-ring (bicyclic) bond motifs is 1. The predicted molar refractivity (Wildman–Crippen MR) is 117 cm³/mol. The third-order valence-electron chi connectivity index (χ3n) is 7.07. The van der Waals surface area contributed by atoms with Crippen LogP contribution in [0.1, 0.15) is 48.5 Å². The van der Waals surface area contributed by atoms with Crippen molar-refractivity contribution in [3.8, 4) is 0 Å². The van der Waals surface area contributed by atoms with E-state index in [9.17, 15) is 31.5 Å². The summed E-state index contributed by atoms with van der Waals surface area (Å²) in [5.74, 6) is -12.0. The molecule has 186 valence electrons. The Balaban J connectivity index is 1.37. The number of carbonyl (C=O) groups excluding carboxylic acids is 1. The molecule has 2 aliphatic heterocycles. The summed E-state index contributed by atoms with van der Waals surface area (Å²) in [6.45, 7) is 1.15. The molecule has 0 aliphatic carbocycles.